The summed E-state index contributed by atoms with van der Waals surface area (Å²) >= 11 is 0. The second-order valence-electron chi connectivity index (χ2n) is 4.15. The van der Waals surface area contributed by atoms with Crippen LogP contribution in [-0.2, 0) is 22.6 Å². The molecule has 16 heavy (non-hydrogen) atoms. The fraction of sp³-hybridized carbons (Fsp3) is 0.417. The molecule has 84 valence electrons. The predicted octanol–water partition coefficient (Wildman–Crippen LogP) is 0.653. The van der Waals surface area contributed by atoms with E-state index in [9.17, 15) is 4.79 Å². The van der Waals surface area contributed by atoms with Gasteiger partial charge in [-0.3, -0.25) is 4.79 Å². The fourth-order valence-electron chi connectivity index (χ4n) is 2.24. The number of nitrogens with zero attached hydrogens (tertiary/aromatic N) is 1. The molecule has 0 atom stereocenters. The highest BCUT2D eigenvalue weighted by Gasteiger charge is 2.21. The topological polar surface area (TPSA) is 41.6 Å². The summed E-state index contributed by atoms with van der Waals surface area (Å²) in [6.07, 6.45) is 0. The molecule has 0 saturated carbocycles. The summed E-state index contributed by atoms with van der Waals surface area (Å²) in [5.74, 6) is 0.0529. The summed E-state index contributed by atoms with van der Waals surface area (Å²) in [4.78, 5) is 13.5. The Bertz CT molecular complexity index is 431. The van der Waals surface area contributed by atoms with Crippen LogP contribution >= 0.6 is 0 Å². The van der Waals surface area contributed by atoms with Crippen LogP contribution in [0.25, 0.3) is 0 Å². The van der Waals surface area contributed by atoms with E-state index in [0.717, 1.165) is 18.8 Å². The largest absolute Gasteiger partial charge is 0.370 e. The van der Waals surface area contributed by atoms with Gasteiger partial charge in [-0.1, -0.05) is 6.07 Å². The van der Waals surface area contributed by atoms with Crippen molar-refractivity contribution in [3.05, 3.63) is 29.3 Å². The number of carbonyl (C=O) groups excluding carboxylic acids is 1. The van der Waals surface area contributed by atoms with E-state index in [1.807, 2.05) is 11.0 Å². The summed E-state index contributed by atoms with van der Waals surface area (Å²) in [5.41, 5.74) is 3.64. The zero-order valence-electron chi connectivity index (χ0n) is 9.03. The fourth-order valence-corrected chi connectivity index (χ4v) is 2.24. The van der Waals surface area contributed by atoms with Crippen LogP contribution in [0.4, 0.5) is 5.69 Å². The lowest BCUT2D eigenvalue weighted by Crippen LogP contribution is -2.41. The van der Waals surface area contributed by atoms with Crippen LogP contribution in [0.15, 0.2) is 18.2 Å². The van der Waals surface area contributed by atoms with Crippen molar-refractivity contribution in [1.29, 1.82) is 0 Å². The van der Waals surface area contributed by atoms with Crippen LogP contribution in [0.5, 0.6) is 0 Å². The molecule has 1 N–H and O–H groups in total. The molecule has 0 bridgehead atoms. The predicted molar refractivity (Wildman–Crippen MR) is 60.2 cm³/mol. The quantitative estimate of drug-likeness (QED) is 0.752. The number of ether oxygens (including phenoxy) is 1. The summed E-state index contributed by atoms with van der Waals surface area (Å²) in [6, 6.07) is 6.24. The number of hydrogen-bond donors (Lipinski definition) is 1. The molecule has 0 aliphatic carbocycles. The molecule has 1 amide bonds. The summed E-state index contributed by atoms with van der Waals surface area (Å²) in [7, 11) is 0. The Morgan fingerprint density at radius 2 is 2.12 bits per heavy atom. The molecule has 1 saturated heterocycles. The van der Waals surface area contributed by atoms with E-state index in [1.165, 1.54) is 11.1 Å². The third kappa shape index (κ3) is 1.60. The first-order valence-electron chi connectivity index (χ1n) is 5.55. The molecule has 4 nitrogen and oxygen atoms in total. The minimum absolute atomic E-state index is 0.0529. The van der Waals surface area contributed by atoms with Crippen molar-refractivity contribution in [1.82, 2.24) is 5.32 Å². The van der Waals surface area contributed by atoms with Gasteiger partial charge in [0.1, 0.15) is 6.61 Å². The van der Waals surface area contributed by atoms with Gasteiger partial charge in [-0.15, -0.1) is 0 Å². The molecule has 0 radical (unpaired) electrons. The van der Waals surface area contributed by atoms with Crippen LogP contribution in [0.1, 0.15) is 11.1 Å². The molecule has 2 heterocycles. The lowest BCUT2D eigenvalue weighted by Gasteiger charge is -2.27. The van der Waals surface area contributed by atoms with Gasteiger partial charge in [0, 0.05) is 25.3 Å². The zero-order valence-corrected chi connectivity index (χ0v) is 9.03. The van der Waals surface area contributed by atoms with Crippen LogP contribution in [-0.4, -0.2) is 25.7 Å². The van der Waals surface area contributed by atoms with Gasteiger partial charge >= 0.3 is 0 Å². The Kier molecular flexibility index (Phi) is 2.38. The maximum absolute atomic E-state index is 11.7. The van der Waals surface area contributed by atoms with Crippen LogP contribution in [0.2, 0.25) is 0 Å². The first-order valence-corrected chi connectivity index (χ1v) is 5.55. The van der Waals surface area contributed by atoms with Crippen LogP contribution in [0, 0.1) is 0 Å². The number of benzene rings is 1. The summed E-state index contributed by atoms with van der Waals surface area (Å²) in [5, 5.41) is 3.30. The number of fused-ring (bicyclic) bond motifs is 1. The van der Waals surface area contributed by atoms with Gasteiger partial charge < -0.3 is 15.0 Å². The first kappa shape index (κ1) is 9.81. The lowest BCUT2D eigenvalue weighted by molar-refractivity contribution is -0.125. The molecule has 0 unspecified atom stereocenters. The van der Waals surface area contributed by atoms with E-state index in [2.05, 4.69) is 17.4 Å². The summed E-state index contributed by atoms with van der Waals surface area (Å²) < 4.78 is 5.12. The van der Waals surface area contributed by atoms with E-state index >= 15 is 0 Å². The molecule has 2 aliphatic heterocycles. The molecule has 0 spiro atoms. The molecule has 1 aromatic rings. The summed E-state index contributed by atoms with van der Waals surface area (Å²) in [6.45, 7) is 3.33. The van der Waals surface area contributed by atoms with Crippen molar-refractivity contribution in [2.24, 2.45) is 0 Å². The third-order valence-corrected chi connectivity index (χ3v) is 3.12. The van der Waals surface area contributed by atoms with Gasteiger partial charge in [0.15, 0.2) is 0 Å². The monoisotopic (exact) mass is 218 g/mol. The number of nitrogens with one attached hydrogen (secondary N) is 1. The number of rotatable bonds is 1. The Labute approximate surface area is 94.2 Å². The van der Waals surface area contributed by atoms with E-state index in [1.54, 1.807) is 0 Å². The van der Waals surface area contributed by atoms with Crippen molar-refractivity contribution in [3.8, 4) is 0 Å². The lowest BCUT2D eigenvalue weighted by atomic mass is 10.1. The van der Waals surface area contributed by atoms with Gasteiger partial charge in [-0.05, 0) is 23.3 Å². The number of morpholine rings is 1. The van der Waals surface area contributed by atoms with E-state index in [-0.39, 0.29) is 12.5 Å². The van der Waals surface area contributed by atoms with Crippen molar-refractivity contribution < 1.29 is 9.53 Å². The Hall–Kier alpha value is -1.39. The highest BCUT2D eigenvalue weighted by Crippen LogP contribution is 2.23. The van der Waals surface area contributed by atoms with Crippen LogP contribution < -0.4 is 10.2 Å². The van der Waals surface area contributed by atoms with Gasteiger partial charge in [0.25, 0.3) is 5.91 Å². The minimum Gasteiger partial charge on any atom is -0.370 e. The van der Waals surface area contributed by atoms with Gasteiger partial charge in [0.2, 0.25) is 0 Å². The number of anilines is 1. The van der Waals surface area contributed by atoms with Crippen molar-refractivity contribution in [3.63, 3.8) is 0 Å². The average Bonchev–Trinajstić information content (AvgIpc) is 2.76. The third-order valence-electron chi connectivity index (χ3n) is 3.12. The van der Waals surface area contributed by atoms with Gasteiger partial charge in [0.05, 0.1) is 6.61 Å². The number of amides is 1. The number of hydrogen-bond acceptors (Lipinski definition) is 3. The maximum Gasteiger partial charge on any atom is 0.253 e. The SMILES string of the molecule is O=C1COCCN1c1ccc2c(c1)CNC2. The number of carbonyl (C=O) groups is 1. The molecular formula is C12H14N2O2. The molecule has 1 aromatic carbocycles. The van der Waals surface area contributed by atoms with Crippen molar-refractivity contribution in [2.45, 2.75) is 13.1 Å². The normalized spacial score (nSPS) is 20.0. The highest BCUT2D eigenvalue weighted by atomic mass is 16.5. The smallest absolute Gasteiger partial charge is 0.253 e. The molecule has 0 aromatic heterocycles. The average molecular weight is 218 g/mol. The standard InChI is InChI=1S/C12H14N2O2/c15-12-8-16-4-3-14(12)11-2-1-9-6-13-7-10(9)5-11/h1-2,5,13H,3-4,6-8H2. The van der Waals surface area contributed by atoms with Crippen LogP contribution in [0.3, 0.4) is 0 Å². The van der Waals surface area contributed by atoms with Crippen molar-refractivity contribution >= 4 is 11.6 Å². The molecule has 2 aliphatic rings. The molecular weight excluding hydrogens is 204 g/mol. The Morgan fingerprint density at radius 3 is 3.00 bits per heavy atom. The first-order chi connectivity index (χ1) is 7.84. The van der Waals surface area contributed by atoms with Crippen molar-refractivity contribution in [2.75, 3.05) is 24.7 Å². The van der Waals surface area contributed by atoms with E-state index in [0.29, 0.717) is 13.2 Å². The molecule has 4 heteroatoms. The van der Waals surface area contributed by atoms with E-state index < -0.39 is 0 Å². The Morgan fingerprint density at radius 1 is 1.25 bits per heavy atom. The van der Waals surface area contributed by atoms with E-state index in [4.69, 9.17) is 4.74 Å². The molecule has 1 fully saturated rings. The Balaban J connectivity index is 1.91. The van der Waals surface area contributed by atoms with Gasteiger partial charge in [-0.25, -0.2) is 0 Å². The van der Waals surface area contributed by atoms with Gasteiger partial charge in [-0.2, -0.15) is 0 Å². The highest BCUT2D eigenvalue weighted by molar-refractivity contribution is 5.94. The maximum atomic E-state index is 11.7. The minimum atomic E-state index is 0.0529. The second kappa shape index (κ2) is 3.88. The molecule has 3 rings (SSSR count). The zero-order chi connectivity index (χ0) is 11.0. The second-order valence-corrected chi connectivity index (χ2v) is 4.15.